The lowest BCUT2D eigenvalue weighted by Crippen LogP contribution is -2.50. The monoisotopic (exact) mass is 437 g/mol. The molecule has 4 rings (SSSR count). The summed E-state index contributed by atoms with van der Waals surface area (Å²) >= 11 is 0. The highest BCUT2D eigenvalue weighted by molar-refractivity contribution is 5.93. The first-order valence-electron chi connectivity index (χ1n) is 10.3. The number of halogens is 1. The zero-order chi connectivity index (χ0) is 22.8. The van der Waals surface area contributed by atoms with Crippen LogP contribution in [0.4, 0.5) is 20.6 Å². The molecule has 1 saturated heterocycles. The number of pyridine rings is 1. The van der Waals surface area contributed by atoms with E-state index in [0.717, 1.165) is 6.07 Å². The third-order valence-electron chi connectivity index (χ3n) is 5.64. The molecule has 1 N–H and O–H groups in total. The number of hydrogen-bond acceptors (Lipinski definition) is 5. The maximum atomic E-state index is 15.0. The number of aromatic nitrogens is 1. The summed E-state index contributed by atoms with van der Waals surface area (Å²) in [5.74, 6) is -2.21. The van der Waals surface area contributed by atoms with Crippen LogP contribution in [0, 0.1) is 5.82 Å². The molecule has 0 atom stereocenters. The molecular formula is C23H22FN4O4-. The van der Waals surface area contributed by atoms with Crippen LogP contribution in [0.15, 0.2) is 53.5 Å². The number of carboxylic acids is 1. The summed E-state index contributed by atoms with van der Waals surface area (Å²) < 4.78 is 16.5. The minimum Gasteiger partial charge on any atom is -0.545 e. The highest BCUT2D eigenvalue weighted by Gasteiger charge is 2.24. The fourth-order valence-electron chi connectivity index (χ4n) is 3.92. The SMILES string of the molecule is CCn1cc(C(=O)[O-])c(=O)c2cc(F)c(N3CCN(C(=O)Nc4ccccc4)CC3)cc21. The van der Waals surface area contributed by atoms with Crippen LogP contribution >= 0.6 is 0 Å². The molecule has 0 spiro atoms. The number of rotatable bonds is 4. The fraction of sp³-hybridized carbons (Fsp3) is 0.261. The average Bonchev–Trinajstić information content (AvgIpc) is 2.80. The molecule has 1 aliphatic rings. The number of carbonyl (C=O) groups is 2. The summed E-state index contributed by atoms with van der Waals surface area (Å²) in [6.45, 7) is 3.84. The number of benzene rings is 2. The Bertz CT molecular complexity index is 1230. The van der Waals surface area contributed by atoms with Gasteiger partial charge in [-0.15, -0.1) is 0 Å². The maximum absolute atomic E-state index is 15.0. The molecule has 1 fully saturated rings. The molecule has 166 valence electrons. The molecule has 0 aliphatic carbocycles. The predicted molar refractivity (Wildman–Crippen MR) is 117 cm³/mol. The number of anilines is 2. The van der Waals surface area contributed by atoms with E-state index in [2.05, 4.69) is 5.32 Å². The first kappa shape index (κ1) is 21.4. The van der Waals surface area contributed by atoms with E-state index in [4.69, 9.17) is 0 Å². The zero-order valence-electron chi connectivity index (χ0n) is 17.5. The summed E-state index contributed by atoms with van der Waals surface area (Å²) in [5.41, 5.74) is 0.197. The highest BCUT2D eigenvalue weighted by atomic mass is 19.1. The van der Waals surface area contributed by atoms with Gasteiger partial charge < -0.3 is 29.6 Å². The zero-order valence-corrected chi connectivity index (χ0v) is 17.5. The van der Waals surface area contributed by atoms with E-state index in [1.807, 2.05) is 23.1 Å². The fourth-order valence-corrected chi connectivity index (χ4v) is 3.92. The number of piperazine rings is 1. The quantitative estimate of drug-likeness (QED) is 0.672. The van der Waals surface area contributed by atoms with E-state index in [-0.39, 0.29) is 11.4 Å². The van der Waals surface area contributed by atoms with Crippen molar-refractivity contribution in [2.45, 2.75) is 13.5 Å². The second-order valence-electron chi connectivity index (χ2n) is 7.54. The van der Waals surface area contributed by atoms with Gasteiger partial charge in [0.25, 0.3) is 0 Å². The van der Waals surface area contributed by atoms with Crippen LogP contribution < -0.4 is 20.8 Å². The summed E-state index contributed by atoms with van der Waals surface area (Å²) in [4.78, 5) is 39.7. The van der Waals surface area contributed by atoms with Gasteiger partial charge in [-0.05, 0) is 31.2 Å². The Hall–Kier alpha value is -3.88. The Labute approximate surface area is 183 Å². The molecule has 2 heterocycles. The van der Waals surface area contributed by atoms with Crippen LogP contribution in [0.5, 0.6) is 0 Å². The Balaban J connectivity index is 1.56. The van der Waals surface area contributed by atoms with Gasteiger partial charge in [0.15, 0.2) is 5.43 Å². The summed E-state index contributed by atoms with van der Waals surface area (Å²) in [5, 5.41) is 14.1. The molecule has 0 saturated carbocycles. The van der Waals surface area contributed by atoms with Gasteiger partial charge in [-0.25, -0.2) is 9.18 Å². The minimum absolute atomic E-state index is 0.00400. The molecule has 1 aromatic heterocycles. The van der Waals surface area contributed by atoms with Crippen LogP contribution in [-0.2, 0) is 6.54 Å². The largest absolute Gasteiger partial charge is 0.545 e. The number of fused-ring (bicyclic) bond motifs is 1. The highest BCUT2D eigenvalue weighted by Crippen LogP contribution is 2.26. The molecule has 8 nitrogen and oxygen atoms in total. The van der Waals surface area contributed by atoms with Crippen molar-refractivity contribution in [2.24, 2.45) is 0 Å². The molecule has 1 aliphatic heterocycles. The summed E-state index contributed by atoms with van der Waals surface area (Å²) in [7, 11) is 0. The number of aryl methyl sites for hydroxylation is 1. The Morgan fingerprint density at radius 2 is 1.78 bits per heavy atom. The first-order valence-corrected chi connectivity index (χ1v) is 10.3. The summed E-state index contributed by atoms with van der Waals surface area (Å²) in [6, 6.07) is 11.6. The maximum Gasteiger partial charge on any atom is 0.321 e. The van der Waals surface area contributed by atoms with Gasteiger partial charge in [0.2, 0.25) is 0 Å². The van der Waals surface area contributed by atoms with E-state index in [0.29, 0.717) is 49.6 Å². The third-order valence-corrected chi connectivity index (χ3v) is 5.64. The van der Waals surface area contributed by atoms with Gasteiger partial charge in [0.05, 0.1) is 22.7 Å². The van der Waals surface area contributed by atoms with Gasteiger partial charge in [-0.2, -0.15) is 0 Å². The Kier molecular flexibility index (Phi) is 5.81. The molecular weight excluding hydrogens is 415 g/mol. The standard InChI is InChI=1S/C23H23FN4O4/c1-2-26-14-17(22(30)31)21(29)16-12-18(24)20(13-19(16)26)27-8-10-28(11-9-27)23(32)25-15-6-4-3-5-7-15/h3-7,12-14H,2,8-11H2,1H3,(H,25,32)(H,30,31)/p-1. The molecule has 9 heteroatoms. The molecule has 3 aromatic rings. The average molecular weight is 437 g/mol. The van der Waals surface area contributed by atoms with E-state index in [1.165, 1.54) is 6.20 Å². The van der Waals surface area contributed by atoms with Crippen molar-refractivity contribution in [1.29, 1.82) is 0 Å². The van der Waals surface area contributed by atoms with E-state index in [9.17, 15) is 23.9 Å². The second kappa shape index (κ2) is 8.70. The number of urea groups is 1. The van der Waals surface area contributed by atoms with Gasteiger partial charge in [-0.3, -0.25) is 4.79 Å². The molecule has 0 bridgehead atoms. The number of amides is 2. The van der Waals surface area contributed by atoms with Crippen molar-refractivity contribution in [3.63, 3.8) is 0 Å². The molecule has 32 heavy (non-hydrogen) atoms. The number of hydrogen-bond donors (Lipinski definition) is 1. The number of carbonyl (C=O) groups excluding carboxylic acids is 2. The van der Waals surface area contributed by atoms with Gasteiger partial charge in [-0.1, -0.05) is 18.2 Å². The number of aromatic carboxylic acids is 1. The lowest BCUT2D eigenvalue weighted by Gasteiger charge is -2.36. The Morgan fingerprint density at radius 1 is 1.09 bits per heavy atom. The van der Waals surface area contributed by atoms with Crippen molar-refractivity contribution in [1.82, 2.24) is 9.47 Å². The number of nitrogens with zero attached hydrogens (tertiary/aromatic N) is 3. The predicted octanol–water partition coefficient (Wildman–Crippen LogP) is 1.88. The van der Waals surface area contributed by atoms with Crippen LogP contribution in [0.3, 0.4) is 0 Å². The smallest absolute Gasteiger partial charge is 0.321 e. The topological polar surface area (TPSA) is 97.7 Å². The minimum atomic E-state index is -1.59. The van der Waals surface area contributed by atoms with Crippen molar-refractivity contribution in [2.75, 3.05) is 36.4 Å². The lowest BCUT2D eigenvalue weighted by atomic mass is 10.1. The normalized spacial score (nSPS) is 13.9. The molecule has 2 aromatic carbocycles. The molecule has 2 amide bonds. The third kappa shape index (κ3) is 4.01. The van der Waals surface area contributed by atoms with Crippen molar-refractivity contribution in [3.8, 4) is 0 Å². The van der Waals surface area contributed by atoms with Crippen LogP contribution in [0.2, 0.25) is 0 Å². The Morgan fingerprint density at radius 3 is 2.41 bits per heavy atom. The van der Waals surface area contributed by atoms with Gasteiger partial charge in [0, 0.05) is 50.0 Å². The van der Waals surface area contributed by atoms with Crippen molar-refractivity contribution >= 4 is 34.3 Å². The van der Waals surface area contributed by atoms with Crippen molar-refractivity contribution < 1.29 is 19.1 Å². The summed E-state index contributed by atoms with van der Waals surface area (Å²) in [6.07, 6.45) is 1.23. The van der Waals surface area contributed by atoms with E-state index >= 15 is 0 Å². The lowest BCUT2D eigenvalue weighted by molar-refractivity contribution is -0.255. The number of para-hydroxylation sites is 1. The number of nitrogens with one attached hydrogen (secondary N) is 1. The molecule has 0 radical (unpaired) electrons. The van der Waals surface area contributed by atoms with Crippen LogP contribution in [-0.4, -0.2) is 47.6 Å². The number of carboxylic acid groups (broad SMARTS) is 1. The van der Waals surface area contributed by atoms with Gasteiger partial charge >= 0.3 is 6.03 Å². The second-order valence-corrected chi connectivity index (χ2v) is 7.54. The first-order chi connectivity index (χ1) is 15.4. The van der Waals surface area contributed by atoms with Crippen LogP contribution in [0.1, 0.15) is 17.3 Å². The van der Waals surface area contributed by atoms with Crippen molar-refractivity contribution in [3.05, 3.63) is 70.3 Å². The van der Waals surface area contributed by atoms with Crippen LogP contribution in [0.25, 0.3) is 10.9 Å². The van der Waals surface area contributed by atoms with E-state index < -0.39 is 22.8 Å². The molecule has 0 unspecified atom stereocenters. The van der Waals surface area contributed by atoms with E-state index in [1.54, 1.807) is 34.6 Å². The van der Waals surface area contributed by atoms with Gasteiger partial charge in [0.1, 0.15) is 5.82 Å².